The molecular formula is C8H18N2O. The van der Waals surface area contributed by atoms with Crippen LogP contribution in [0.4, 0.5) is 0 Å². The van der Waals surface area contributed by atoms with Crippen molar-refractivity contribution in [1.82, 2.24) is 4.90 Å². The van der Waals surface area contributed by atoms with Crippen molar-refractivity contribution in [3.05, 3.63) is 0 Å². The number of hydrogen-bond donors (Lipinski definition) is 2. The third-order valence-electron chi connectivity index (χ3n) is 2.25. The Hall–Kier alpha value is -0.120. The molecule has 0 unspecified atom stereocenters. The number of aliphatic hydroxyl groups is 1. The number of aliphatic hydroxyl groups excluding tert-OH is 1. The van der Waals surface area contributed by atoms with Crippen molar-refractivity contribution in [3.8, 4) is 0 Å². The minimum Gasteiger partial charge on any atom is -0.396 e. The molecule has 1 aliphatic heterocycles. The largest absolute Gasteiger partial charge is 0.396 e. The van der Waals surface area contributed by atoms with Crippen LogP contribution >= 0.6 is 0 Å². The SMILES string of the molecule is NCC1CN(CCCCO)C1. The van der Waals surface area contributed by atoms with Gasteiger partial charge in [-0.2, -0.15) is 0 Å². The summed E-state index contributed by atoms with van der Waals surface area (Å²) in [4.78, 5) is 2.40. The zero-order valence-corrected chi connectivity index (χ0v) is 7.00. The maximum Gasteiger partial charge on any atom is 0.0431 e. The summed E-state index contributed by atoms with van der Waals surface area (Å²) < 4.78 is 0. The van der Waals surface area contributed by atoms with E-state index in [0.29, 0.717) is 6.61 Å². The number of nitrogens with two attached hydrogens (primary N) is 1. The van der Waals surface area contributed by atoms with Gasteiger partial charge in [-0.05, 0) is 31.8 Å². The number of likely N-dealkylation sites (tertiary alicyclic amines) is 1. The summed E-state index contributed by atoms with van der Waals surface area (Å²) in [6, 6.07) is 0. The highest BCUT2D eigenvalue weighted by Gasteiger charge is 2.23. The van der Waals surface area contributed by atoms with E-state index in [1.165, 1.54) is 13.1 Å². The Kier molecular flexibility index (Phi) is 3.83. The van der Waals surface area contributed by atoms with E-state index in [4.69, 9.17) is 10.8 Å². The maximum atomic E-state index is 8.53. The van der Waals surface area contributed by atoms with Crippen LogP contribution in [-0.2, 0) is 0 Å². The molecule has 3 N–H and O–H groups in total. The fraction of sp³-hybridized carbons (Fsp3) is 1.00. The average Bonchev–Trinajstić information content (AvgIpc) is 1.94. The topological polar surface area (TPSA) is 49.5 Å². The molecule has 0 aromatic heterocycles. The first-order chi connectivity index (χ1) is 5.36. The van der Waals surface area contributed by atoms with Gasteiger partial charge in [-0.15, -0.1) is 0 Å². The van der Waals surface area contributed by atoms with Crippen LogP contribution in [0.5, 0.6) is 0 Å². The first kappa shape index (κ1) is 8.97. The van der Waals surface area contributed by atoms with Crippen LogP contribution in [0.1, 0.15) is 12.8 Å². The minimum atomic E-state index is 0.328. The van der Waals surface area contributed by atoms with Crippen molar-refractivity contribution in [2.45, 2.75) is 12.8 Å². The second-order valence-electron chi connectivity index (χ2n) is 3.29. The number of unbranched alkanes of at least 4 members (excludes halogenated alkanes) is 1. The summed E-state index contributed by atoms with van der Waals surface area (Å²) in [6.45, 7) is 4.63. The monoisotopic (exact) mass is 158 g/mol. The fourth-order valence-electron chi connectivity index (χ4n) is 1.46. The van der Waals surface area contributed by atoms with Crippen molar-refractivity contribution in [2.24, 2.45) is 11.7 Å². The molecule has 11 heavy (non-hydrogen) atoms. The van der Waals surface area contributed by atoms with Crippen molar-refractivity contribution >= 4 is 0 Å². The molecule has 0 radical (unpaired) electrons. The highest BCUT2D eigenvalue weighted by molar-refractivity contribution is 4.79. The van der Waals surface area contributed by atoms with E-state index in [2.05, 4.69) is 4.90 Å². The van der Waals surface area contributed by atoms with E-state index in [-0.39, 0.29) is 0 Å². The van der Waals surface area contributed by atoms with Gasteiger partial charge >= 0.3 is 0 Å². The van der Waals surface area contributed by atoms with Crippen LogP contribution in [-0.4, -0.2) is 42.8 Å². The van der Waals surface area contributed by atoms with Gasteiger partial charge in [-0.25, -0.2) is 0 Å². The van der Waals surface area contributed by atoms with Crippen molar-refractivity contribution in [2.75, 3.05) is 32.8 Å². The third kappa shape index (κ3) is 2.77. The van der Waals surface area contributed by atoms with Gasteiger partial charge in [-0.1, -0.05) is 0 Å². The molecule has 0 aliphatic carbocycles. The zero-order valence-electron chi connectivity index (χ0n) is 7.00. The molecule has 0 amide bonds. The van der Waals surface area contributed by atoms with E-state index in [0.717, 1.165) is 31.8 Å². The first-order valence-electron chi connectivity index (χ1n) is 4.40. The van der Waals surface area contributed by atoms with Crippen LogP contribution in [0.25, 0.3) is 0 Å². The van der Waals surface area contributed by atoms with Gasteiger partial charge in [0.25, 0.3) is 0 Å². The predicted molar refractivity (Wildman–Crippen MR) is 45.3 cm³/mol. The molecule has 1 fully saturated rings. The van der Waals surface area contributed by atoms with E-state index in [1.54, 1.807) is 0 Å². The third-order valence-corrected chi connectivity index (χ3v) is 2.25. The molecular weight excluding hydrogens is 140 g/mol. The molecule has 1 rings (SSSR count). The Labute approximate surface area is 68.2 Å². The molecule has 0 spiro atoms. The summed E-state index contributed by atoms with van der Waals surface area (Å²) in [5.41, 5.74) is 5.48. The highest BCUT2D eigenvalue weighted by Crippen LogP contribution is 2.13. The summed E-state index contributed by atoms with van der Waals surface area (Å²) >= 11 is 0. The van der Waals surface area contributed by atoms with E-state index < -0.39 is 0 Å². The van der Waals surface area contributed by atoms with Crippen LogP contribution < -0.4 is 5.73 Å². The Morgan fingerprint density at radius 2 is 2.09 bits per heavy atom. The lowest BCUT2D eigenvalue weighted by atomic mass is 10.0. The van der Waals surface area contributed by atoms with Crippen LogP contribution in [0.15, 0.2) is 0 Å². The normalized spacial score (nSPS) is 20.2. The molecule has 66 valence electrons. The molecule has 1 saturated heterocycles. The average molecular weight is 158 g/mol. The molecule has 0 aromatic carbocycles. The fourth-order valence-corrected chi connectivity index (χ4v) is 1.46. The second kappa shape index (κ2) is 4.70. The molecule has 0 bridgehead atoms. The molecule has 1 heterocycles. The van der Waals surface area contributed by atoms with Crippen molar-refractivity contribution in [3.63, 3.8) is 0 Å². The van der Waals surface area contributed by atoms with Gasteiger partial charge < -0.3 is 15.7 Å². The van der Waals surface area contributed by atoms with Gasteiger partial charge in [0.1, 0.15) is 0 Å². The zero-order chi connectivity index (χ0) is 8.10. The lowest BCUT2D eigenvalue weighted by Crippen LogP contribution is -2.49. The highest BCUT2D eigenvalue weighted by atomic mass is 16.2. The molecule has 3 heteroatoms. The Balaban J connectivity index is 1.88. The number of rotatable bonds is 5. The minimum absolute atomic E-state index is 0.328. The Morgan fingerprint density at radius 3 is 2.64 bits per heavy atom. The summed E-state index contributed by atoms with van der Waals surface area (Å²) in [5, 5.41) is 8.53. The van der Waals surface area contributed by atoms with Crippen molar-refractivity contribution in [1.29, 1.82) is 0 Å². The smallest absolute Gasteiger partial charge is 0.0431 e. The maximum absolute atomic E-state index is 8.53. The lowest BCUT2D eigenvalue weighted by molar-refractivity contribution is 0.102. The number of nitrogens with zero attached hydrogens (tertiary/aromatic N) is 1. The predicted octanol–water partition coefficient (Wildman–Crippen LogP) is -0.351. The summed E-state index contributed by atoms with van der Waals surface area (Å²) in [7, 11) is 0. The number of hydrogen-bond acceptors (Lipinski definition) is 3. The van der Waals surface area contributed by atoms with Gasteiger partial charge in [-0.3, -0.25) is 0 Å². The van der Waals surface area contributed by atoms with E-state index in [9.17, 15) is 0 Å². The Bertz CT molecular complexity index is 102. The molecule has 1 aliphatic rings. The van der Waals surface area contributed by atoms with Crippen LogP contribution in [0, 0.1) is 5.92 Å². The first-order valence-corrected chi connectivity index (χ1v) is 4.40. The van der Waals surface area contributed by atoms with E-state index in [1.807, 2.05) is 0 Å². The van der Waals surface area contributed by atoms with Gasteiger partial charge in [0, 0.05) is 19.7 Å². The summed E-state index contributed by atoms with van der Waals surface area (Å²) in [6.07, 6.45) is 2.05. The molecule has 0 atom stereocenters. The molecule has 0 aromatic rings. The second-order valence-corrected chi connectivity index (χ2v) is 3.29. The van der Waals surface area contributed by atoms with Crippen molar-refractivity contribution < 1.29 is 5.11 Å². The van der Waals surface area contributed by atoms with Gasteiger partial charge in [0.2, 0.25) is 0 Å². The van der Waals surface area contributed by atoms with Crippen LogP contribution in [0.2, 0.25) is 0 Å². The summed E-state index contributed by atoms with van der Waals surface area (Å²) in [5.74, 6) is 0.740. The molecule has 3 nitrogen and oxygen atoms in total. The molecule has 0 saturated carbocycles. The lowest BCUT2D eigenvalue weighted by Gasteiger charge is -2.38. The van der Waals surface area contributed by atoms with Gasteiger partial charge in [0.15, 0.2) is 0 Å². The Morgan fingerprint density at radius 1 is 1.36 bits per heavy atom. The van der Waals surface area contributed by atoms with Gasteiger partial charge in [0.05, 0.1) is 0 Å². The van der Waals surface area contributed by atoms with Crippen LogP contribution in [0.3, 0.4) is 0 Å². The standard InChI is InChI=1S/C8H18N2O/c9-5-8-6-10(7-8)3-1-2-4-11/h8,11H,1-7,9H2. The quantitative estimate of drug-likeness (QED) is 0.538. The van der Waals surface area contributed by atoms with E-state index >= 15 is 0 Å².